The van der Waals surface area contributed by atoms with Gasteiger partial charge >= 0.3 is 0 Å². The van der Waals surface area contributed by atoms with Crippen molar-refractivity contribution in [1.82, 2.24) is 5.32 Å². The summed E-state index contributed by atoms with van der Waals surface area (Å²) in [6, 6.07) is 18.8. The minimum absolute atomic E-state index is 0.0903. The summed E-state index contributed by atoms with van der Waals surface area (Å²) < 4.78 is 13.1. The van der Waals surface area contributed by atoms with Crippen LogP contribution in [0, 0.1) is 5.92 Å². The van der Waals surface area contributed by atoms with Crippen molar-refractivity contribution in [2.24, 2.45) is 5.92 Å². The molecule has 2 aromatic rings. The van der Waals surface area contributed by atoms with E-state index in [9.17, 15) is 4.55 Å². The summed E-state index contributed by atoms with van der Waals surface area (Å²) in [7, 11) is 0. The molecule has 0 radical (unpaired) electrons. The minimum atomic E-state index is -0.975. The Balaban J connectivity index is 2.10. The van der Waals surface area contributed by atoms with Crippen LogP contribution in [-0.4, -0.2) is 15.8 Å². The summed E-state index contributed by atoms with van der Waals surface area (Å²) in [6.45, 7) is 6.71. The van der Waals surface area contributed by atoms with Crippen LogP contribution in [0.4, 0.5) is 0 Å². The standard InChI is InChI=1S/C21H27NOS/c1-4-21(14-16(2)3)15-24(23)19-13-9-8-12-18(19)20(22-21)17-10-6-5-7-11-17/h5-13,16,20,22H,4,14-15H2,1-3H3. The van der Waals surface area contributed by atoms with Crippen molar-refractivity contribution in [2.45, 2.75) is 50.1 Å². The van der Waals surface area contributed by atoms with Crippen LogP contribution in [0.3, 0.4) is 0 Å². The molecule has 0 saturated heterocycles. The average molecular weight is 342 g/mol. The first-order valence-electron chi connectivity index (χ1n) is 8.84. The second-order valence-electron chi connectivity index (χ2n) is 7.25. The second kappa shape index (κ2) is 7.30. The summed E-state index contributed by atoms with van der Waals surface area (Å²) in [5.41, 5.74) is 2.30. The molecular weight excluding hydrogens is 314 g/mol. The molecule has 1 heterocycles. The summed E-state index contributed by atoms with van der Waals surface area (Å²) in [5.74, 6) is 1.24. The highest BCUT2D eigenvalue weighted by Gasteiger charge is 2.42. The molecule has 0 amide bonds. The summed E-state index contributed by atoms with van der Waals surface area (Å²) in [6.07, 6.45) is 2.01. The van der Waals surface area contributed by atoms with Crippen LogP contribution in [-0.2, 0) is 11.2 Å². The molecule has 1 aliphatic heterocycles. The maximum Gasteiger partial charge on any atom is 0.157 e. The number of nitrogens with one attached hydrogen (secondary N) is 1. The van der Waals surface area contributed by atoms with Crippen molar-refractivity contribution in [1.29, 1.82) is 0 Å². The van der Waals surface area contributed by atoms with Crippen LogP contribution >= 0.6 is 0 Å². The zero-order valence-corrected chi connectivity index (χ0v) is 15.6. The molecule has 2 aromatic carbocycles. The molecule has 0 spiro atoms. The van der Waals surface area contributed by atoms with Gasteiger partial charge in [0.25, 0.3) is 0 Å². The van der Waals surface area contributed by atoms with E-state index in [-0.39, 0.29) is 11.6 Å². The fourth-order valence-corrected chi connectivity index (χ4v) is 5.58. The Bertz CT molecular complexity index is 673. The van der Waals surface area contributed by atoms with Gasteiger partial charge in [0.1, 0.15) is 5.75 Å². The summed E-state index contributed by atoms with van der Waals surface area (Å²) in [5, 5.41) is 3.92. The molecule has 128 valence electrons. The number of hydrogen-bond donors (Lipinski definition) is 1. The molecule has 0 aromatic heterocycles. The third-order valence-electron chi connectivity index (χ3n) is 4.94. The first kappa shape index (κ1) is 17.5. The van der Waals surface area contributed by atoms with Crippen molar-refractivity contribution in [2.75, 3.05) is 5.75 Å². The Morgan fingerprint density at radius 3 is 2.46 bits per heavy atom. The highest BCUT2D eigenvalue weighted by atomic mass is 32.2. The van der Waals surface area contributed by atoms with Gasteiger partial charge in [-0.2, -0.15) is 0 Å². The third-order valence-corrected chi connectivity index (χ3v) is 6.62. The fraction of sp³-hybridized carbons (Fsp3) is 0.429. The molecule has 3 atom stereocenters. The lowest BCUT2D eigenvalue weighted by Gasteiger charge is -2.36. The van der Waals surface area contributed by atoms with E-state index in [4.69, 9.17) is 0 Å². The molecule has 24 heavy (non-hydrogen) atoms. The Morgan fingerprint density at radius 2 is 1.79 bits per heavy atom. The molecule has 2 nitrogen and oxygen atoms in total. The molecule has 1 N–H and O–H groups in total. The average Bonchev–Trinajstić information content (AvgIpc) is 2.71. The SMILES string of the molecule is CCC1(CC(C)C)C[S+]([O-])c2ccccc2C(c2ccccc2)N1. The van der Waals surface area contributed by atoms with Crippen LogP contribution < -0.4 is 5.32 Å². The lowest BCUT2D eigenvalue weighted by Crippen LogP contribution is -2.51. The maximum atomic E-state index is 13.1. The predicted octanol–water partition coefficient (Wildman–Crippen LogP) is 4.68. The van der Waals surface area contributed by atoms with Crippen LogP contribution in [0.1, 0.15) is 50.8 Å². The van der Waals surface area contributed by atoms with Crippen LogP contribution in [0.5, 0.6) is 0 Å². The van der Waals surface area contributed by atoms with Gasteiger partial charge in [0, 0.05) is 5.56 Å². The Labute approximate surface area is 148 Å². The fourth-order valence-electron chi connectivity index (χ4n) is 3.84. The monoisotopic (exact) mass is 341 g/mol. The highest BCUT2D eigenvalue weighted by molar-refractivity contribution is 7.91. The van der Waals surface area contributed by atoms with Crippen molar-refractivity contribution < 1.29 is 4.55 Å². The Hall–Kier alpha value is -1.29. The van der Waals surface area contributed by atoms with Crippen molar-refractivity contribution in [3.63, 3.8) is 0 Å². The quantitative estimate of drug-likeness (QED) is 0.819. The maximum absolute atomic E-state index is 13.1. The van der Waals surface area contributed by atoms with Gasteiger partial charge in [-0.1, -0.05) is 69.3 Å². The molecule has 3 rings (SSSR count). The number of fused-ring (bicyclic) bond motifs is 1. The molecule has 3 unspecified atom stereocenters. The van der Waals surface area contributed by atoms with Gasteiger partial charge in [-0.25, -0.2) is 0 Å². The first-order chi connectivity index (χ1) is 11.5. The number of rotatable bonds is 4. The Kier molecular flexibility index (Phi) is 5.33. The van der Waals surface area contributed by atoms with Crippen LogP contribution in [0.2, 0.25) is 0 Å². The van der Waals surface area contributed by atoms with Gasteiger partial charge in [0.15, 0.2) is 4.90 Å². The molecule has 3 heteroatoms. The van der Waals surface area contributed by atoms with E-state index in [0.717, 1.165) is 23.3 Å². The zero-order valence-electron chi connectivity index (χ0n) is 14.8. The summed E-state index contributed by atoms with van der Waals surface area (Å²) in [4.78, 5) is 0.984. The smallest absolute Gasteiger partial charge is 0.157 e. The largest absolute Gasteiger partial charge is 0.611 e. The molecular formula is C21H27NOS. The minimum Gasteiger partial charge on any atom is -0.611 e. The van der Waals surface area contributed by atoms with E-state index in [1.807, 2.05) is 18.2 Å². The van der Waals surface area contributed by atoms with Gasteiger partial charge in [-0.3, -0.25) is 5.32 Å². The number of hydrogen-bond acceptors (Lipinski definition) is 2. The van der Waals surface area contributed by atoms with Gasteiger partial charge in [-0.15, -0.1) is 0 Å². The highest BCUT2D eigenvalue weighted by Crippen LogP contribution is 2.38. The van der Waals surface area contributed by atoms with E-state index >= 15 is 0 Å². The van der Waals surface area contributed by atoms with E-state index in [1.165, 1.54) is 5.56 Å². The normalized spacial score (nSPS) is 26.9. The lowest BCUT2D eigenvalue weighted by atomic mass is 9.85. The van der Waals surface area contributed by atoms with E-state index < -0.39 is 11.2 Å². The predicted molar refractivity (Wildman–Crippen MR) is 102 cm³/mol. The topological polar surface area (TPSA) is 35.1 Å². The zero-order chi connectivity index (χ0) is 17.2. The molecule has 0 aliphatic carbocycles. The van der Waals surface area contributed by atoms with Crippen molar-refractivity contribution >= 4 is 11.2 Å². The van der Waals surface area contributed by atoms with Gasteiger partial charge < -0.3 is 4.55 Å². The van der Waals surface area contributed by atoms with Gasteiger partial charge in [0.2, 0.25) is 0 Å². The van der Waals surface area contributed by atoms with Crippen LogP contribution in [0.15, 0.2) is 59.5 Å². The lowest BCUT2D eigenvalue weighted by molar-refractivity contribution is 0.269. The van der Waals surface area contributed by atoms with E-state index in [0.29, 0.717) is 11.7 Å². The second-order valence-corrected chi connectivity index (χ2v) is 8.67. The number of benzene rings is 2. The van der Waals surface area contributed by atoms with Gasteiger partial charge in [-0.05, 0) is 41.6 Å². The molecule has 0 bridgehead atoms. The van der Waals surface area contributed by atoms with Crippen molar-refractivity contribution in [3.8, 4) is 0 Å². The van der Waals surface area contributed by atoms with Gasteiger partial charge in [0.05, 0.1) is 11.6 Å². The molecule has 0 saturated carbocycles. The molecule has 1 aliphatic rings. The first-order valence-corrected chi connectivity index (χ1v) is 10.2. The molecule has 0 fully saturated rings. The van der Waals surface area contributed by atoms with E-state index in [1.54, 1.807) is 0 Å². The van der Waals surface area contributed by atoms with Crippen molar-refractivity contribution in [3.05, 3.63) is 65.7 Å². The third kappa shape index (κ3) is 3.53. The van der Waals surface area contributed by atoms with E-state index in [2.05, 4.69) is 62.5 Å². The summed E-state index contributed by atoms with van der Waals surface area (Å²) >= 11 is -0.975. The Morgan fingerprint density at radius 1 is 1.12 bits per heavy atom. The van der Waals surface area contributed by atoms with Crippen LogP contribution in [0.25, 0.3) is 0 Å².